The van der Waals surface area contributed by atoms with Crippen molar-refractivity contribution >= 4 is 17.8 Å². The van der Waals surface area contributed by atoms with Gasteiger partial charge in [-0.15, -0.1) is 0 Å². The Morgan fingerprint density at radius 1 is 0.882 bits per heavy atom. The van der Waals surface area contributed by atoms with E-state index in [1.54, 1.807) is 25.1 Å². The molecule has 0 heterocycles. The van der Waals surface area contributed by atoms with Gasteiger partial charge in [0.15, 0.2) is 0 Å². The zero-order valence-corrected chi connectivity index (χ0v) is 21.5. The maximum absolute atomic E-state index is 12.5. The molecule has 6 heteroatoms. The van der Waals surface area contributed by atoms with E-state index >= 15 is 0 Å². The van der Waals surface area contributed by atoms with Crippen LogP contribution in [0.1, 0.15) is 120 Å². The highest BCUT2D eigenvalue weighted by Gasteiger charge is 2.25. The largest absolute Gasteiger partial charge is 0.480 e. The summed E-state index contributed by atoms with van der Waals surface area (Å²) < 4.78 is 0. The molecule has 1 aromatic rings. The van der Waals surface area contributed by atoms with Crippen molar-refractivity contribution in [2.24, 2.45) is 5.92 Å². The number of hydrogen-bond acceptors (Lipinski definition) is 3. The normalized spacial score (nSPS) is 12.7. The molecule has 3 N–H and O–H groups in total. The Morgan fingerprint density at radius 3 is 2.03 bits per heavy atom. The zero-order valence-electron chi connectivity index (χ0n) is 21.5. The van der Waals surface area contributed by atoms with Gasteiger partial charge in [-0.25, -0.2) is 4.79 Å². The van der Waals surface area contributed by atoms with Crippen LogP contribution in [0.2, 0.25) is 0 Å². The lowest BCUT2D eigenvalue weighted by Crippen LogP contribution is -2.45. The highest BCUT2D eigenvalue weighted by molar-refractivity contribution is 5.96. The predicted octanol–water partition coefficient (Wildman–Crippen LogP) is 6.23. The summed E-state index contributed by atoms with van der Waals surface area (Å²) in [5.74, 6) is -1.59. The Labute approximate surface area is 206 Å². The quantitative estimate of drug-likeness (QED) is 0.207. The fraction of sp³-hybridized carbons (Fsp3) is 0.679. The fourth-order valence-electron chi connectivity index (χ4n) is 3.97. The van der Waals surface area contributed by atoms with Crippen LogP contribution in [-0.2, 0) is 16.1 Å². The van der Waals surface area contributed by atoms with Gasteiger partial charge in [0, 0.05) is 18.5 Å². The number of unbranched alkanes of at least 4 members (excludes halogenated alkanes) is 10. The summed E-state index contributed by atoms with van der Waals surface area (Å²) in [5, 5.41) is 14.9. The van der Waals surface area contributed by atoms with Gasteiger partial charge in [-0.3, -0.25) is 9.59 Å². The monoisotopic (exact) mass is 474 g/mol. The molecule has 0 saturated heterocycles. The maximum atomic E-state index is 12.5. The van der Waals surface area contributed by atoms with E-state index in [1.165, 1.54) is 57.8 Å². The molecule has 1 aromatic carbocycles. The first-order valence-electron chi connectivity index (χ1n) is 13.3. The van der Waals surface area contributed by atoms with Crippen molar-refractivity contribution in [3.05, 3.63) is 35.4 Å². The van der Waals surface area contributed by atoms with E-state index in [0.29, 0.717) is 24.9 Å². The van der Waals surface area contributed by atoms with Crippen LogP contribution in [0.4, 0.5) is 0 Å². The molecular formula is C28H46N2O4. The first-order valence-corrected chi connectivity index (χ1v) is 13.3. The van der Waals surface area contributed by atoms with Crippen LogP contribution in [0.3, 0.4) is 0 Å². The van der Waals surface area contributed by atoms with Crippen molar-refractivity contribution in [3.8, 4) is 0 Å². The maximum Gasteiger partial charge on any atom is 0.326 e. The lowest BCUT2D eigenvalue weighted by molar-refractivity contribution is -0.140. The number of hydrogen-bond donors (Lipinski definition) is 3. The Morgan fingerprint density at radius 2 is 1.47 bits per heavy atom. The smallest absolute Gasteiger partial charge is 0.326 e. The molecule has 34 heavy (non-hydrogen) atoms. The van der Waals surface area contributed by atoms with Gasteiger partial charge in [-0.2, -0.15) is 0 Å². The average Bonchev–Trinajstić information content (AvgIpc) is 2.83. The molecule has 192 valence electrons. The van der Waals surface area contributed by atoms with Gasteiger partial charge in [0.1, 0.15) is 6.04 Å². The third kappa shape index (κ3) is 12.8. The van der Waals surface area contributed by atoms with Gasteiger partial charge in [0.2, 0.25) is 5.91 Å². The highest BCUT2D eigenvalue weighted by Crippen LogP contribution is 2.13. The molecule has 0 unspecified atom stereocenters. The third-order valence-electron chi connectivity index (χ3n) is 6.45. The van der Waals surface area contributed by atoms with Gasteiger partial charge in [-0.05, 0) is 30.0 Å². The molecule has 0 aliphatic heterocycles. The number of carbonyl (C=O) groups excluding carboxylic acids is 2. The van der Waals surface area contributed by atoms with Crippen LogP contribution in [0.5, 0.6) is 0 Å². The van der Waals surface area contributed by atoms with Crippen molar-refractivity contribution in [2.75, 3.05) is 0 Å². The topological polar surface area (TPSA) is 95.5 Å². The highest BCUT2D eigenvalue weighted by atomic mass is 16.4. The molecule has 2 atom stereocenters. The number of aliphatic carboxylic acids is 1. The molecule has 1 rings (SSSR count). The number of carboxylic acids is 1. The second-order valence-electron chi connectivity index (χ2n) is 9.44. The number of carboxylic acid groups (broad SMARTS) is 1. The predicted molar refractivity (Wildman–Crippen MR) is 138 cm³/mol. The molecular weight excluding hydrogens is 428 g/mol. The van der Waals surface area contributed by atoms with E-state index in [4.69, 9.17) is 0 Å². The van der Waals surface area contributed by atoms with Crippen LogP contribution in [0.15, 0.2) is 24.3 Å². The molecule has 0 aromatic heterocycles. The van der Waals surface area contributed by atoms with Crippen LogP contribution >= 0.6 is 0 Å². The van der Waals surface area contributed by atoms with E-state index in [-0.39, 0.29) is 11.8 Å². The lowest BCUT2D eigenvalue weighted by atomic mass is 9.98. The summed E-state index contributed by atoms with van der Waals surface area (Å²) in [7, 11) is 0. The summed E-state index contributed by atoms with van der Waals surface area (Å²) in [6, 6.07) is 6.03. The third-order valence-corrected chi connectivity index (χ3v) is 6.45. The van der Waals surface area contributed by atoms with Crippen LogP contribution in [0.25, 0.3) is 0 Å². The van der Waals surface area contributed by atoms with Gasteiger partial charge in [-0.1, -0.05) is 104 Å². The molecule has 0 aliphatic rings. The van der Waals surface area contributed by atoms with E-state index in [0.717, 1.165) is 18.4 Å². The summed E-state index contributed by atoms with van der Waals surface area (Å²) in [6.45, 7) is 6.30. The zero-order chi connectivity index (χ0) is 25.2. The van der Waals surface area contributed by atoms with Gasteiger partial charge >= 0.3 is 5.97 Å². The number of carbonyl (C=O) groups is 3. The number of nitrogens with one attached hydrogen (secondary N) is 2. The molecule has 2 amide bonds. The molecule has 6 nitrogen and oxygen atoms in total. The minimum atomic E-state index is -1.03. The Hall–Kier alpha value is -2.37. The molecule has 0 saturated carbocycles. The molecule has 0 aliphatic carbocycles. The van der Waals surface area contributed by atoms with E-state index in [2.05, 4.69) is 17.6 Å². The second kappa shape index (κ2) is 18.0. The van der Waals surface area contributed by atoms with Gasteiger partial charge in [0.05, 0.1) is 0 Å². The molecule has 0 bridgehead atoms. The molecule has 0 radical (unpaired) electrons. The lowest BCUT2D eigenvalue weighted by Gasteiger charge is -2.20. The Kier molecular flexibility index (Phi) is 15.7. The standard InChI is InChI=1S/C28H46N2O4/c1-4-6-7-8-9-10-11-12-13-14-15-19-25(31)29-21-23-17-16-18-24(20-23)27(32)30-26(28(33)34)22(3)5-2/h16-18,20,22,26H,4-15,19,21H2,1-3H3,(H,29,31)(H,30,32)(H,33,34)/t22-,26-/m0/s1. The van der Waals surface area contributed by atoms with Gasteiger partial charge < -0.3 is 15.7 Å². The molecule has 0 fully saturated rings. The van der Waals surface area contributed by atoms with Crippen molar-refractivity contribution in [3.63, 3.8) is 0 Å². The van der Waals surface area contributed by atoms with E-state index in [1.807, 2.05) is 13.0 Å². The first-order chi connectivity index (χ1) is 16.4. The van der Waals surface area contributed by atoms with Crippen LogP contribution in [-0.4, -0.2) is 28.9 Å². The van der Waals surface area contributed by atoms with Gasteiger partial charge in [0.25, 0.3) is 5.91 Å². The second-order valence-corrected chi connectivity index (χ2v) is 9.44. The number of amides is 2. The SMILES string of the molecule is CCCCCCCCCCCCCC(=O)NCc1cccc(C(=O)N[C@H](C(=O)O)[C@@H](C)CC)c1. The van der Waals surface area contributed by atoms with Crippen molar-refractivity contribution in [1.29, 1.82) is 0 Å². The summed E-state index contributed by atoms with van der Waals surface area (Å²) in [4.78, 5) is 36.2. The van der Waals surface area contributed by atoms with Crippen LogP contribution < -0.4 is 10.6 Å². The summed E-state index contributed by atoms with van der Waals surface area (Å²) >= 11 is 0. The summed E-state index contributed by atoms with van der Waals surface area (Å²) in [5.41, 5.74) is 1.21. The Bertz CT molecular complexity index is 735. The van der Waals surface area contributed by atoms with E-state index < -0.39 is 17.9 Å². The first kappa shape index (κ1) is 29.7. The summed E-state index contributed by atoms with van der Waals surface area (Å²) in [6.07, 6.45) is 15.0. The minimum absolute atomic E-state index is 0.0218. The molecule has 0 spiro atoms. The number of benzene rings is 1. The minimum Gasteiger partial charge on any atom is -0.480 e. The average molecular weight is 475 g/mol. The van der Waals surface area contributed by atoms with Crippen LogP contribution in [0, 0.1) is 5.92 Å². The van der Waals surface area contributed by atoms with Crippen molar-refractivity contribution in [1.82, 2.24) is 10.6 Å². The van der Waals surface area contributed by atoms with Crippen molar-refractivity contribution in [2.45, 2.75) is 117 Å². The van der Waals surface area contributed by atoms with Crippen molar-refractivity contribution < 1.29 is 19.5 Å². The Balaban J connectivity index is 2.27. The number of rotatable bonds is 19. The van der Waals surface area contributed by atoms with E-state index in [9.17, 15) is 19.5 Å². The fourth-order valence-corrected chi connectivity index (χ4v) is 3.97.